The normalized spacial score (nSPS) is 20.5. The number of ether oxygens (including phenoxy) is 1. The lowest BCUT2D eigenvalue weighted by atomic mass is 9.90. The summed E-state index contributed by atoms with van der Waals surface area (Å²) in [5.41, 5.74) is 4.12. The Balaban J connectivity index is 1.14. The van der Waals surface area contributed by atoms with Crippen molar-refractivity contribution in [1.82, 2.24) is 29.3 Å². The van der Waals surface area contributed by atoms with Gasteiger partial charge in [0.2, 0.25) is 5.91 Å². The van der Waals surface area contributed by atoms with E-state index >= 15 is 0 Å². The number of hydrogen-bond acceptors (Lipinski definition) is 8. The van der Waals surface area contributed by atoms with Crippen LogP contribution in [0.1, 0.15) is 29.9 Å². The number of piperidine rings is 1. The number of nitrogens with zero attached hydrogens (tertiary/aromatic N) is 7. The summed E-state index contributed by atoms with van der Waals surface area (Å²) in [5, 5.41) is 7.98. The summed E-state index contributed by atoms with van der Waals surface area (Å²) in [5.74, 6) is 2.79. The molecule has 1 aliphatic carbocycles. The summed E-state index contributed by atoms with van der Waals surface area (Å²) in [7, 11) is 6.02. The van der Waals surface area contributed by atoms with Crippen molar-refractivity contribution in [3.63, 3.8) is 0 Å². The monoisotopic (exact) mass is 566 g/mol. The number of rotatable bonds is 8. The molecule has 0 bridgehead atoms. The van der Waals surface area contributed by atoms with Crippen molar-refractivity contribution >= 4 is 29.3 Å². The first-order chi connectivity index (χ1) is 20.4. The van der Waals surface area contributed by atoms with Crippen molar-refractivity contribution in [3.8, 4) is 5.75 Å². The molecule has 10 heteroatoms. The summed E-state index contributed by atoms with van der Waals surface area (Å²) in [4.78, 5) is 27.9. The lowest BCUT2D eigenvalue weighted by Gasteiger charge is -2.31. The van der Waals surface area contributed by atoms with Gasteiger partial charge in [0.1, 0.15) is 23.4 Å². The van der Waals surface area contributed by atoms with Crippen LogP contribution in [0.5, 0.6) is 5.75 Å². The molecule has 10 nitrogen and oxygen atoms in total. The molecule has 6 rings (SSSR count). The number of hydrogen-bond donors (Lipinski definition) is 1. The van der Waals surface area contributed by atoms with E-state index in [2.05, 4.69) is 49.6 Å². The number of anilines is 2. The summed E-state index contributed by atoms with van der Waals surface area (Å²) in [6.07, 6.45) is 17.1. The second-order valence-corrected chi connectivity index (χ2v) is 11.5. The number of aliphatic imine (C=N–C) groups is 1. The van der Waals surface area contributed by atoms with Crippen molar-refractivity contribution in [1.29, 1.82) is 0 Å². The number of allylic oxidation sites excluding steroid dienone is 1. The Kier molecular flexibility index (Phi) is 7.80. The smallest absolute Gasteiger partial charge is 0.246 e. The fourth-order valence-corrected chi connectivity index (χ4v) is 5.85. The van der Waals surface area contributed by atoms with Crippen LogP contribution in [0.3, 0.4) is 0 Å². The molecule has 2 atom stereocenters. The Morgan fingerprint density at radius 3 is 2.83 bits per heavy atom. The standard InChI is InChI=1S/C32H38N8O2/c1-22-18-24(7-10-29(22)42-25-8-9-28-27(19-25)34-21-38(28)4)36-32-31-26(13-17-40(31)35-20-33-32)23-11-15-39(16-12-23)30(41)6-5-14-37(2)3/h5-10,13,17-21,23,27-28H,11-12,14-16H2,1-4H3,(H,33,35,36)/b6-5+. The first-order valence-corrected chi connectivity index (χ1v) is 14.5. The van der Waals surface area contributed by atoms with E-state index in [9.17, 15) is 4.79 Å². The molecule has 0 spiro atoms. The van der Waals surface area contributed by atoms with Crippen molar-refractivity contribution < 1.29 is 9.53 Å². The van der Waals surface area contributed by atoms with Gasteiger partial charge in [-0.3, -0.25) is 9.79 Å². The van der Waals surface area contributed by atoms with Gasteiger partial charge in [-0.15, -0.1) is 0 Å². The summed E-state index contributed by atoms with van der Waals surface area (Å²) < 4.78 is 8.12. The van der Waals surface area contributed by atoms with Crippen LogP contribution in [-0.2, 0) is 4.79 Å². The lowest BCUT2D eigenvalue weighted by Crippen LogP contribution is -2.37. The molecule has 218 valence electrons. The van der Waals surface area contributed by atoms with Crippen molar-refractivity contribution in [2.24, 2.45) is 4.99 Å². The fourth-order valence-electron chi connectivity index (χ4n) is 5.85. The Labute approximate surface area is 246 Å². The Bertz CT molecular complexity index is 1580. The fraction of sp³-hybridized carbons (Fsp3) is 0.375. The average Bonchev–Trinajstić information content (AvgIpc) is 3.58. The maximum absolute atomic E-state index is 12.6. The first-order valence-electron chi connectivity index (χ1n) is 14.5. The van der Waals surface area contributed by atoms with Gasteiger partial charge in [-0.05, 0) is 87.3 Å². The van der Waals surface area contributed by atoms with Crippen molar-refractivity contribution in [2.45, 2.75) is 37.8 Å². The molecule has 1 N–H and O–H groups in total. The highest BCUT2D eigenvalue weighted by atomic mass is 16.5. The van der Waals surface area contributed by atoms with Gasteiger partial charge in [-0.1, -0.05) is 12.2 Å². The topological polar surface area (TPSA) is 90.6 Å². The van der Waals surface area contributed by atoms with Crippen molar-refractivity contribution in [3.05, 3.63) is 84.1 Å². The van der Waals surface area contributed by atoms with E-state index in [1.54, 1.807) is 12.4 Å². The zero-order valence-electron chi connectivity index (χ0n) is 24.6. The molecule has 4 heterocycles. The van der Waals surface area contributed by atoms with Crippen molar-refractivity contribution in [2.75, 3.05) is 46.1 Å². The largest absolute Gasteiger partial charge is 0.457 e. The summed E-state index contributed by atoms with van der Waals surface area (Å²) in [6.45, 7) is 4.27. The van der Waals surface area contributed by atoms with Gasteiger partial charge < -0.3 is 24.8 Å². The molecule has 0 radical (unpaired) electrons. The zero-order valence-corrected chi connectivity index (χ0v) is 24.6. The minimum atomic E-state index is 0.0881. The third-order valence-corrected chi connectivity index (χ3v) is 8.16. The van der Waals surface area contributed by atoms with Crippen LogP contribution in [-0.4, -0.2) is 94.4 Å². The number of aromatic nitrogens is 3. The highest BCUT2D eigenvalue weighted by Gasteiger charge is 2.28. The van der Waals surface area contributed by atoms with Crippen LogP contribution in [0.2, 0.25) is 0 Å². The molecular weight excluding hydrogens is 528 g/mol. The van der Waals surface area contributed by atoms with E-state index in [1.165, 1.54) is 5.56 Å². The molecule has 1 saturated heterocycles. The van der Waals surface area contributed by atoms with Gasteiger partial charge in [0, 0.05) is 44.6 Å². The Morgan fingerprint density at radius 1 is 1.21 bits per heavy atom. The van der Waals surface area contributed by atoms with E-state index in [0.717, 1.165) is 66.6 Å². The molecule has 1 fully saturated rings. The van der Waals surface area contributed by atoms with Gasteiger partial charge in [0.15, 0.2) is 5.82 Å². The molecule has 1 amide bonds. The highest BCUT2D eigenvalue weighted by Crippen LogP contribution is 2.35. The number of aryl methyl sites for hydroxylation is 1. The number of benzene rings is 1. The maximum atomic E-state index is 12.6. The number of fused-ring (bicyclic) bond motifs is 2. The van der Waals surface area contributed by atoms with Crippen LogP contribution in [0.4, 0.5) is 11.5 Å². The quantitative estimate of drug-likeness (QED) is 0.410. The van der Waals surface area contributed by atoms with Crippen LogP contribution in [0.15, 0.2) is 77.9 Å². The van der Waals surface area contributed by atoms with E-state index in [4.69, 9.17) is 4.74 Å². The SMILES string of the molecule is Cc1cc(Nc2ncnn3ccc(C4CCN(C(=O)/C=C/CN(C)C)CC4)c23)ccc1OC1=CC2N=CN(C)C2C=C1. The maximum Gasteiger partial charge on any atom is 0.246 e. The molecule has 2 aliphatic heterocycles. The third-order valence-electron chi connectivity index (χ3n) is 8.16. The molecule has 2 unspecified atom stereocenters. The molecular formula is C32H38N8O2. The van der Waals surface area contributed by atoms with Crippen LogP contribution < -0.4 is 10.1 Å². The van der Waals surface area contributed by atoms with Gasteiger partial charge in [0.25, 0.3) is 0 Å². The molecule has 3 aromatic rings. The lowest BCUT2D eigenvalue weighted by molar-refractivity contribution is -0.127. The number of likely N-dealkylation sites (N-methyl/N-ethyl adjacent to an activating group) is 2. The van der Waals surface area contributed by atoms with E-state index in [-0.39, 0.29) is 18.0 Å². The van der Waals surface area contributed by atoms with Gasteiger partial charge in [-0.25, -0.2) is 9.50 Å². The number of likely N-dealkylation sites (tertiary alicyclic amines) is 1. The van der Waals surface area contributed by atoms with Crippen LogP contribution >= 0.6 is 0 Å². The van der Waals surface area contributed by atoms with E-state index < -0.39 is 0 Å². The second-order valence-electron chi connectivity index (χ2n) is 11.5. The van der Waals surface area contributed by atoms with Gasteiger partial charge in [-0.2, -0.15) is 5.10 Å². The van der Waals surface area contributed by atoms with Crippen LogP contribution in [0.25, 0.3) is 5.52 Å². The van der Waals surface area contributed by atoms with Gasteiger partial charge in [0.05, 0.1) is 18.4 Å². The molecule has 1 aromatic carbocycles. The number of amides is 1. The molecule has 42 heavy (non-hydrogen) atoms. The van der Waals surface area contributed by atoms with E-state index in [1.807, 2.05) is 79.2 Å². The molecule has 0 saturated carbocycles. The zero-order chi connectivity index (χ0) is 29.2. The molecule has 2 aromatic heterocycles. The molecule has 3 aliphatic rings. The number of carbonyl (C=O) groups is 1. The minimum absolute atomic E-state index is 0.0881. The Hall–Kier alpha value is -4.44. The average molecular weight is 567 g/mol. The summed E-state index contributed by atoms with van der Waals surface area (Å²) >= 11 is 0. The predicted molar refractivity (Wildman–Crippen MR) is 165 cm³/mol. The minimum Gasteiger partial charge on any atom is -0.457 e. The Morgan fingerprint density at radius 2 is 2.05 bits per heavy atom. The second kappa shape index (κ2) is 11.8. The number of carbonyl (C=O) groups excluding carboxylic acids is 1. The summed E-state index contributed by atoms with van der Waals surface area (Å²) in [6, 6.07) is 8.55. The first kappa shape index (κ1) is 27.7. The van der Waals surface area contributed by atoms with Crippen LogP contribution in [0, 0.1) is 6.92 Å². The number of nitrogens with one attached hydrogen (secondary N) is 1. The predicted octanol–water partition coefficient (Wildman–Crippen LogP) is 4.15. The highest BCUT2D eigenvalue weighted by molar-refractivity contribution is 5.87. The van der Waals surface area contributed by atoms with E-state index in [0.29, 0.717) is 5.92 Å². The third kappa shape index (κ3) is 5.80. The van der Waals surface area contributed by atoms with Gasteiger partial charge >= 0.3 is 0 Å².